The highest BCUT2D eigenvalue weighted by atomic mass is 79.9. The van der Waals surface area contributed by atoms with Crippen LogP contribution in [0.15, 0.2) is 22.7 Å². The van der Waals surface area contributed by atoms with Crippen LogP contribution in [0.25, 0.3) is 0 Å². The fourth-order valence-electron chi connectivity index (χ4n) is 1.62. The normalized spacial score (nSPS) is 10.4. The Hall–Kier alpha value is -0.980. The first-order valence-corrected chi connectivity index (χ1v) is 6.16. The van der Waals surface area contributed by atoms with E-state index in [-0.39, 0.29) is 0 Å². The Balaban J connectivity index is 2.76. The highest BCUT2D eigenvalue weighted by Gasteiger charge is 2.06. The second-order valence-electron chi connectivity index (χ2n) is 3.77. The van der Waals surface area contributed by atoms with Crippen molar-refractivity contribution < 1.29 is 0 Å². The molecule has 0 amide bonds. The summed E-state index contributed by atoms with van der Waals surface area (Å²) in [5.41, 5.74) is 7.74. The maximum absolute atomic E-state index is 5.77. The van der Waals surface area contributed by atoms with Crippen molar-refractivity contribution in [2.75, 3.05) is 18.8 Å². The lowest BCUT2D eigenvalue weighted by Crippen LogP contribution is -2.24. The van der Waals surface area contributed by atoms with Gasteiger partial charge in [-0.15, -0.1) is 6.42 Å². The molecule has 3 heteroatoms. The first-order chi connectivity index (χ1) is 7.67. The fourth-order valence-corrected chi connectivity index (χ4v) is 1.99. The number of rotatable bonds is 5. The first-order valence-electron chi connectivity index (χ1n) is 5.37. The molecule has 1 aromatic rings. The predicted octanol–water partition coefficient (Wildman–Crippen LogP) is 2.88. The molecule has 1 rings (SSSR count). The number of benzene rings is 1. The van der Waals surface area contributed by atoms with Crippen molar-refractivity contribution in [3.63, 3.8) is 0 Å². The third kappa shape index (κ3) is 3.88. The topological polar surface area (TPSA) is 29.3 Å². The van der Waals surface area contributed by atoms with Crippen LogP contribution in [-0.2, 0) is 6.54 Å². The van der Waals surface area contributed by atoms with Gasteiger partial charge < -0.3 is 5.73 Å². The molecule has 0 aliphatic carbocycles. The summed E-state index contributed by atoms with van der Waals surface area (Å²) in [5, 5.41) is 0. The van der Waals surface area contributed by atoms with E-state index < -0.39 is 0 Å². The molecular formula is C13H17BrN2. The van der Waals surface area contributed by atoms with E-state index in [4.69, 9.17) is 12.2 Å². The molecule has 0 bridgehead atoms. The molecule has 0 aliphatic heterocycles. The second kappa shape index (κ2) is 6.57. The van der Waals surface area contributed by atoms with Crippen LogP contribution in [0.2, 0.25) is 0 Å². The molecule has 0 unspecified atom stereocenters. The van der Waals surface area contributed by atoms with Gasteiger partial charge in [0.2, 0.25) is 0 Å². The molecule has 0 radical (unpaired) electrons. The van der Waals surface area contributed by atoms with Gasteiger partial charge in [0.25, 0.3) is 0 Å². The van der Waals surface area contributed by atoms with E-state index in [0.717, 1.165) is 29.7 Å². The summed E-state index contributed by atoms with van der Waals surface area (Å²) < 4.78 is 1.08. The van der Waals surface area contributed by atoms with Gasteiger partial charge in [0.05, 0.1) is 6.54 Å². The number of halogens is 1. The van der Waals surface area contributed by atoms with Crippen LogP contribution in [0.1, 0.15) is 18.9 Å². The summed E-state index contributed by atoms with van der Waals surface area (Å²) in [6.07, 6.45) is 6.45. The van der Waals surface area contributed by atoms with Crippen molar-refractivity contribution in [2.24, 2.45) is 0 Å². The third-order valence-corrected chi connectivity index (χ3v) is 3.09. The molecule has 0 atom stereocenters. The summed E-state index contributed by atoms with van der Waals surface area (Å²) >= 11 is 3.53. The molecule has 0 aromatic heterocycles. The lowest BCUT2D eigenvalue weighted by molar-refractivity contribution is 0.299. The molecule has 0 aliphatic rings. The molecule has 0 saturated carbocycles. The smallest absolute Gasteiger partial charge is 0.0601 e. The van der Waals surface area contributed by atoms with Gasteiger partial charge in [-0.2, -0.15) is 0 Å². The molecule has 0 heterocycles. The Morgan fingerprint density at radius 2 is 2.25 bits per heavy atom. The van der Waals surface area contributed by atoms with E-state index in [2.05, 4.69) is 33.7 Å². The standard InChI is InChI=1S/C13H17BrN2/c1-3-7-16(8-4-2)10-11-9-12(15)5-6-13(11)14/h1,5-6,9H,4,7-8,10,15H2,2H3. The number of nitrogen functional groups attached to an aromatic ring is 1. The van der Waals surface area contributed by atoms with Gasteiger partial charge in [-0.25, -0.2) is 0 Å². The summed E-state index contributed by atoms with van der Waals surface area (Å²) in [5.74, 6) is 2.69. The van der Waals surface area contributed by atoms with Gasteiger partial charge in [-0.3, -0.25) is 4.90 Å². The fraction of sp³-hybridized carbons (Fsp3) is 0.385. The molecule has 86 valence electrons. The average molecular weight is 281 g/mol. The van der Waals surface area contributed by atoms with Gasteiger partial charge >= 0.3 is 0 Å². The Kier molecular flexibility index (Phi) is 5.37. The van der Waals surface area contributed by atoms with Gasteiger partial charge in [-0.1, -0.05) is 28.8 Å². The molecule has 0 saturated heterocycles. The van der Waals surface area contributed by atoms with E-state index in [1.165, 1.54) is 5.56 Å². The van der Waals surface area contributed by atoms with Crippen molar-refractivity contribution in [2.45, 2.75) is 19.9 Å². The molecule has 16 heavy (non-hydrogen) atoms. The third-order valence-electron chi connectivity index (χ3n) is 2.32. The summed E-state index contributed by atoms with van der Waals surface area (Å²) in [7, 11) is 0. The monoisotopic (exact) mass is 280 g/mol. The highest BCUT2D eigenvalue weighted by molar-refractivity contribution is 9.10. The number of nitrogens with two attached hydrogens (primary N) is 1. The minimum absolute atomic E-state index is 0.676. The predicted molar refractivity (Wildman–Crippen MR) is 73.0 cm³/mol. The van der Waals surface area contributed by atoms with Crippen molar-refractivity contribution in [3.05, 3.63) is 28.2 Å². The highest BCUT2D eigenvalue weighted by Crippen LogP contribution is 2.21. The van der Waals surface area contributed by atoms with Crippen LogP contribution in [0, 0.1) is 12.3 Å². The van der Waals surface area contributed by atoms with Crippen LogP contribution in [0.4, 0.5) is 5.69 Å². The van der Waals surface area contributed by atoms with Crippen molar-refractivity contribution >= 4 is 21.6 Å². The average Bonchev–Trinajstić information content (AvgIpc) is 2.24. The van der Waals surface area contributed by atoms with E-state index in [1.54, 1.807) is 0 Å². The molecule has 2 nitrogen and oxygen atoms in total. The van der Waals surface area contributed by atoms with Crippen LogP contribution >= 0.6 is 15.9 Å². The Morgan fingerprint density at radius 3 is 2.88 bits per heavy atom. The zero-order valence-corrected chi connectivity index (χ0v) is 11.1. The second-order valence-corrected chi connectivity index (χ2v) is 4.62. The van der Waals surface area contributed by atoms with Gasteiger partial charge in [0.15, 0.2) is 0 Å². The lowest BCUT2D eigenvalue weighted by Gasteiger charge is -2.19. The largest absolute Gasteiger partial charge is 0.399 e. The van der Waals surface area contributed by atoms with E-state index in [0.29, 0.717) is 6.54 Å². The maximum atomic E-state index is 5.77. The number of hydrogen-bond donors (Lipinski definition) is 1. The molecule has 2 N–H and O–H groups in total. The quantitative estimate of drug-likeness (QED) is 0.664. The van der Waals surface area contributed by atoms with Crippen LogP contribution in [-0.4, -0.2) is 18.0 Å². The molecule has 0 fully saturated rings. The van der Waals surface area contributed by atoms with Crippen molar-refractivity contribution in [1.82, 2.24) is 4.90 Å². The van der Waals surface area contributed by atoms with Crippen molar-refractivity contribution in [3.8, 4) is 12.3 Å². The molecule has 1 aromatic carbocycles. The number of nitrogens with zero attached hydrogens (tertiary/aromatic N) is 1. The number of hydrogen-bond acceptors (Lipinski definition) is 2. The van der Waals surface area contributed by atoms with E-state index in [1.807, 2.05) is 18.2 Å². The molecule has 0 spiro atoms. The summed E-state index contributed by atoms with van der Waals surface area (Å²) in [4.78, 5) is 2.24. The number of terminal acetylenes is 1. The van der Waals surface area contributed by atoms with Crippen LogP contribution < -0.4 is 5.73 Å². The SMILES string of the molecule is C#CCN(CCC)Cc1cc(N)ccc1Br. The molecular weight excluding hydrogens is 264 g/mol. The Morgan fingerprint density at radius 1 is 1.50 bits per heavy atom. The van der Waals surface area contributed by atoms with Crippen molar-refractivity contribution in [1.29, 1.82) is 0 Å². The van der Waals surface area contributed by atoms with Crippen LogP contribution in [0.5, 0.6) is 0 Å². The minimum Gasteiger partial charge on any atom is -0.399 e. The number of anilines is 1. The zero-order valence-electron chi connectivity index (χ0n) is 9.54. The van der Waals surface area contributed by atoms with E-state index >= 15 is 0 Å². The minimum atomic E-state index is 0.676. The lowest BCUT2D eigenvalue weighted by atomic mass is 10.2. The Bertz CT molecular complexity index is 382. The van der Waals surface area contributed by atoms with Gasteiger partial charge in [0, 0.05) is 16.7 Å². The van der Waals surface area contributed by atoms with E-state index in [9.17, 15) is 0 Å². The maximum Gasteiger partial charge on any atom is 0.0601 e. The summed E-state index contributed by atoms with van der Waals surface area (Å²) in [6.45, 7) is 4.67. The first kappa shape index (κ1) is 13.1. The Labute approximate surface area is 106 Å². The van der Waals surface area contributed by atoms with Gasteiger partial charge in [0.1, 0.15) is 0 Å². The summed E-state index contributed by atoms with van der Waals surface area (Å²) in [6, 6.07) is 5.85. The zero-order chi connectivity index (χ0) is 12.0. The van der Waals surface area contributed by atoms with Gasteiger partial charge in [-0.05, 0) is 36.7 Å². The van der Waals surface area contributed by atoms with Crippen LogP contribution in [0.3, 0.4) is 0 Å².